The van der Waals surface area contributed by atoms with Crippen molar-refractivity contribution < 1.29 is 19.1 Å². The molecular weight excluding hydrogens is 248 g/mol. The molecular formula is C13H18N2O4. The molecule has 0 radical (unpaired) electrons. The van der Waals surface area contributed by atoms with E-state index in [9.17, 15) is 9.59 Å². The molecule has 1 aromatic rings. The predicted octanol–water partition coefficient (Wildman–Crippen LogP) is 2.15. The van der Waals surface area contributed by atoms with Crippen LogP contribution < -0.4 is 10.6 Å². The molecule has 6 nitrogen and oxygen atoms in total. The number of hydrogen-bond donors (Lipinski definition) is 2. The van der Waals surface area contributed by atoms with Crippen molar-refractivity contribution in [1.82, 2.24) is 0 Å². The highest BCUT2D eigenvalue weighted by molar-refractivity contribution is 5.97. The number of amides is 2. The molecule has 19 heavy (non-hydrogen) atoms. The summed E-state index contributed by atoms with van der Waals surface area (Å²) < 4.78 is 9.69. The highest BCUT2D eigenvalue weighted by Crippen LogP contribution is 2.25. The summed E-state index contributed by atoms with van der Waals surface area (Å²) in [5.41, 5.74) is 1.89. The van der Waals surface area contributed by atoms with Crippen LogP contribution in [0.2, 0.25) is 0 Å². The van der Waals surface area contributed by atoms with Crippen molar-refractivity contribution in [3.05, 3.63) is 23.8 Å². The maximum Gasteiger partial charge on any atom is 0.411 e. The molecule has 0 atom stereocenters. The average molecular weight is 266 g/mol. The molecule has 0 fully saturated rings. The maximum absolute atomic E-state index is 11.6. The molecule has 0 heterocycles. The van der Waals surface area contributed by atoms with Gasteiger partial charge in [-0.25, -0.2) is 4.79 Å². The standard InChI is InChI=1S/C13H18N2O4/c1-9-5-4-6-11(14-10(2)16)12(9)15-13(17)19-8-7-18-3/h4-6H,7-8H2,1-3H3,(H,14,16)(H,15,17). The van der Waals surface area contributed by atoms with Crippen LogP contribution in [-0.2, 0) is 14.3 Å². The van der Waals surface area contributed by atoms with E-state index >= 15 is 0 Å². The predicted molar refractivity (Wildman–Crippen MR) is 72.3 cm³/mol. The van der Waals surface area contributed by atoms with Gasteiger partial charge in [0.25, 0.3) is 0 Å². The molecule has 0 aliphatic heterocycles. The Morgan fingerprint density at radius 1 is 1.21 bits per heavy atom. The number of carbonyl (C=O) groups is 2. The summed E-state index contributed by atoms with van der Waals surface area (Å²) in [6.07, 6.45) is -0.585. The van der Waals surface area contributed by atoms with Gasteiger partial charge in [-0.3, -0.25) is 10.1 Å². The van der Waals surface area contributed by atoms with E-state index in [4.69, 9.17) is 9.47 Å². The van der Waals surface area contributed by atoms with Gasteiger partial charge in [-0.2, -0.15) is 0 Å². The number of hydrogen-bond acceptors (Lipinski definition) is 4. The van der Waals surface area contributed by atoms with E-state index in [0.29, 0.717) is 18.0 Å². The average Bonchev–Trinajstić information content (AvgIpc) is 2.33. The van der Waals surface area contributed by atoms with Crippen molar-refractivity contribution in [2.75, 3.05) is 31.0 Å². The fourth-order valence-corrected chi connectivity index (χ4v) is 1.48. The Bertz CT molecular complexity index is 460. The van der Waals surface area contributed by atoms with Gasteiger partial charge in [-0.15, -0.1) is 0 Å². The second-order valence-corrected chi connectivity index (χ2v) is 3.93. The first-order valence-electron chi connectivity index (χ1n) is 5.84. The van der Waals surface area contributed by atoms with Gasteiger partial charge in [0, 0.05) is 14.0 Å². The van der Waals surface area contributed by atoms with Crippen molar-refractivity contribution in [1.29, 1.82) is 0 Å². The Morgan fingerprint density at radius 2 is 1.95 bits per heavy atom. The van der Waals surface area contributed by atoms with Gasteiger partial charge in [-0.05, 0) is 18.6 Å². The molecule has 6 heteroatoms. The normalized spacial score (nSPS) is 9.84. The first kappa shape index (κ1) is 15.0. The lowest BCUT2D eigenvalue weighted by atomic mass is 10.1. The fraction of sp³-hybridized carbons (Fsp3) is 0.385. The summed E-state index contributed by atoms with van der Waals surface area (Å²) in [6.45, 7) is 3.74. The van der Waals surface area contributed by atoms with Crippen LogP contribution in [-0.4, -0.2) is 32.3 Å². The molecule has 0 aliphatic carbocycles. The van der Waals surface area contributed by atoms with Crippen LogP contribution >= 0.6 is 0 Å². The van der Waals surface area contributed by atoms with E-state index in [1.165, 1.54) is 14.0 Å². The summed E-state index contributed by atoms with van der Waals surface area (Å²) in [6, 6.07) is 5.33. The first-order chi connectivity index (χ1) is 9.04. The van der Waals surface area contributed by atoms with E-state index in [1.54, 1.807) is 12.1 Å². The molecule has 1 rings (SSSR count). The van der Waals surface area contributed by atoms with Crippen LogP contribution in [0.3, 0.4) is 0 Å². The SMILES string of the molecule is COCCOC(=O)Nc1c(C)cccc1NC(C)=O. The Labute approximate surface area is 112 Å². The third-order valence-electron chi connectivity index (χ3n) is 2.33. The molecule has 0 aliphatic rings. The Balaban J connectivity index is 2.75. The van der Waals surface area contributed by atoms with E-state index in [0.717, 1.165) is 5.56 Å². The van der Waals surface area contributed by atoms with Crippen molar-refractivity contribution in [3.8, 4) is 0 Å². The maximum atomic E-state index is 11.6. The van der Waals surface area contributed by atoms with Crippen molar-refractivity contribution in [3.63, 3.8) is 0 Å². The Kier molecular flexibility index (Phi) is 5.81. The van der Waals surface area contributed by atoms with E-state index in [-0.39, 0.29) is 12.5 Å². The summed E-state index contributed by atoms with van der Waals surface area (Å²) in [5.74, 6) is -0.207. The molecule has 104 valence electrons. The molecule has 0 spiro atoms. The highest BCUT2D eigenvalue weighted by Gasteiger charge is 2.11. The molecule has 0 saturated heterocycles. The van der Waals surface area contributed by atoms with Gasteiger partial charge in [0.15, 0.2) is 0 Å². The van der Waals surface area contributed by atoms with Gasteiger partial charge < -0.3 is 14.8 Å². The number of carbonyl (C=O) groups excluding carboxylic acids is 2. The molecule has 2 N–H and O–H groups in total. The molecule has 0 bridgehead atoms. The molecule has 1 aromatic carbocycles. The number of methoxy groups -OCH3 is 1. The van der Waals surface area contributed by atoms with Crippen LogP contribution in [0, 0.1) is 6.92 Å². The minimum Gasteiger partial charge on any atom is -0.447 e. The monoisotopic (exact) mass is 266 g/mol. The van der Waals surface area contributed by atoms with Crippen LogP contribution in [0.4, 0.5) is 16.2 Å². The third-order valence-corrected chi connectivity index (χ3v) is 2.33. The quantitative estimate of drug-likeness (QED) is 0.800. The van der Waals surface area contributed by atoms with Gasteiger partial charge in [0.1, 0.15) is 6.61 Å². The number of anilines is 2. The van der Waals surface area contributed by atoms with Gasteiger partial charge >= 0.3 is 6.09 Å². The summed E-state index contributed by atoms with van der Waals surface area (Å²) in [4.78, 5) is 22.7. The van der Waals surface area contributed by atoms with Crippen LogP contribution in [0.15, 0.2) is 18.2 Å². The Morgan fingerprint density at radius 3 is 2.58 bits per heavy atom. The minimum atomic E-state index is -0.585. The van der Waals surface area contributed by atoms with Gasteiger partial charge in [0.2, 0.25) is 5.91 Å². The minimum absolute atomic E-state index is 0.170. The van der Waals surface area contributed by atoms with Gasteiger partial charge in [-0.1, -0.05) is 12.1 Å². The van der Waals surface area contributed by atoms with Crippen molar-refractivity contribution >= 4 is 23.4 Å². The number of rotatable bonds is 5. The molecule has 2 amide bonds. The van der Waals surface area contributed by atoms with Crippen molar-refractivity contribution in [2.24, 2.45) is 0 Å². The smallest absolute Gasteiger partial charge is 0.411 e. The molecule has 0 unspecified atom stereocenters. The number of ether oxygens (including phenoxy) is 2. The second kappa shape index (κ2) is 7.38. The first-order valence-corrected chi connectivity index (χ1v) is 5.84. The number of para-hydroxylation sites is 1. The second-order valence-electron chi connectivity index (χ2n) is 3.93. The zero-order valence-corrected chi connectivity index (χ0v) is 11.3. The molecule has 0 aromatic heterocycles. The highest BCUT2D eigenvalue weighted by atomic mass is 16.6. The summed E-state index contributed by atoms with van der Waals surface area (Å²) >= 11 is 0. The van der Waals surface area contributed by atoms with E-state index < -0.39 is 6.09 Å². The van der Waals surface area contributed by atoms with Gasteiger partial charge in [0.05, 0.1) is 18.0 Å². The summed E-state index contributed by atoms with van der Waals surface area (Å²) in [7, 11) is 1.53. The van der Waals surface area contributed by atoms with E-state index in [1.807, 2.05) is 13.0 Å². The topological polar surface area (TPSA) is 76.7 Å². The Hall–Kier alpha value is -2.08. The van der Waals surface area contributed by atoms with Crippen LogP contribution in [0.1, 0.15) is 12.5 Å². The summed E-state index contributed by atoms with van der Waals surface area (Å²) in [5, 5.41) is 5.26. The number of nitrogens with one attached hydrogen (secondary N) is 2. The van der Waals surface area contributed by atoms with Crippen LogP contribution in [0.25, 0.3) is 0 Å². The lowest BCUT2D eigenvalue weighted by molar-refractivity contribution is -0.114. The number of benzene rings is 1. The largest absolute Gasteiger partial charge is 0.447 e. The van der Waals surface area contributed by atoms with Crippen LogP contribution in [0.5, 0.6) is 0 Å². The lowest BCUT2D eigenvalue weighted by Crippen LogP contribution is -2.18. The molecule has 0 saturated carbocycles. The zero-order chi connectivity index (χ0) is 14.3. The van der Waals surface area contributed by atoms with Crippen molar-refractivity contribution in [2.45, 2.75) is 13.8 Å². The zero-order valence-electron chi connectivity index (χ0n) is 11.3. The van der Waals surface area contributed by atoms with E-state index in [2.05, 4.69) is 10.6 Å². The fourth-order valence-electron chi connectivity index (χ4n) is 1.48. The lowest BCUT2D eigenvalue weighted by Gasteiger charge is -2.14. The third kappa shape index (κ3) is 4.97. The number of aryl methyl sites for hydroxylation is 1.